The maximum atomic E-state index is 2.27. The molecule has 2 rings (SSSR count). The zero-order valence-electron chi connectivity index (χ0n) is 10.2. The summed E-state index contributed by atoms with van der Waals surface area (Å²) in [5, 5.41) is 0. The molecule has 2 aromatic carbocycles. The van der Waals surface area contributed by atoms with Crippen molar-refractivity contribution in [1.29, 1.82) is 0 Å². The molecule has 0 bridgehead atoms. The molecule has 0 saturated heterocycles. The highest BCUT2D eigenvalue weighted by molar-refractivity contribution is 5.34. The van der Waals surface area contributed by atoms with Crippen LogP contribution in [0.5, 0.6) is 0 Å². The first-order valence-corrected chi connectivity index (χ1v) is 5.80. The summed E-state index contributed by atoms with van der Waals surface area (Å²) in [6, 6.07) is 17.6. The molecular weight excluding hydrogens is 192 g/mol. The maximum Gasteiger partial charge on any atom is 0.00611 e. The Kier molecular flexibility index (Phi) is 3.09. The van der Waals surface area contributed by atoms with E-state index >= 15 is 0 Å². The van der Waals surface area contributed by atoms with Gasteiger partial charge in [0.1, 0.15) is 0 Å². The van der Waals surface area contributed by atoms with Crippen LogP contribution in [0.1, 0.15) is 35.1 Å². The normalized spacial score (nSPS) is 12.4. The lowest BCUT2D eigenvalue weighted by molar-refractivity contribution is 0.919. The van der Waals surface area contributed by atoms with Crippen LogP contribution in [0, 0.1) is 13.8 Å². The minimum atomic E-state index is 0.473. The predicted octanol–water partition coefficient (Wildman–Crippen LogP) is 4.46. The molecule has 0 aliphatic carbocycles. The summed E-state index contributed by atoms with van der Waals surface area (Å²) in [4.78, 5) is 0. The molecule has 0 aliphatic heterocycles. The Hall–Kier alpha value is -1.56. The van der Waals surface area contributed by atoms with E-state index in [0.717, 1.165) is 0 Å². The molecule has 0 radical (unpaired) electrons. The van der Waals surface area contributed by atoms with E-state index in [0.29, 0.717) is 5.92 Å². The molecule has 0 aromatic heterocycles. The summed E-state index contributed by atoms with van der Waals surface area (Å²) in [6.45, 7) is 6.53. The highest BCUT2D eigenvalue weighted by atomic mass is 14.1. The minimum absolute atomic E-state index is 0.473. The average Bonchev–Trinajstić information content (AvgIpc) is 2.29. The molecule has 0 heterocycles. The zero-order chi connectivity index (χ0) is 11.5. The SMILES string of the molecule is Cc1ccc(C(C)c2cccc(C)c2)cc1. The highest BCUT2D eigenvalue weighted by Gasteiger charge is 2.07. The van der Waals surface area contributed by atoms with Crippen molar-refractivity contribution >= 4 is 0 Å². The summed E-state index contributed by atoms with van der Waals surface area (Å²) >= 11 is 0. The second kappa shape index (κ2) is 4.52. The Bertz CT molecular complexity index is 466. The van der Waals surface area contributed by atoms with Gasteiger partial charge in [0.25, 0.3) is 0 Å². The van der Waals surface area contributed by atoms with E-state index in [1.165, 1.54) is 22.3 Å². The van der Waals surface area contributed by atoms with Gasteiger partial charge < -0.3 is 0 Å². The first-order valence-electron chi connectivity index (χ1n) is 5.80. The van der Waals surface area contributed by atoms with E-state index in [-0.39, 0.29) is 0 Å². The summed E-state index contributed by atoms with van der Waals surface area (Å²) in [5.41, 5.74) is 5.43. The first-order chi connectivity index (χ1) is 7.66. The van der Waals surface area contributed by atoms with E-state index in [2.05, 4.69) is 69.3 Å². The molecular formula is C16H18. The third-order valence-corrected chi connectivity index (χ3v) is 3.12. The van der Waals surface area contributed by atoms with Crippen LogP contribution in [0.25, 0.3) is 0 Å². The Balaban J connectivity index is 2.31. The Labute approximate surface area is 97.9 Å². The second-order valence-electron chi connectivity index (χ2n) is 4.55. The molecule has 0 N–H and O–H groups in total. The molecule has 0 heteroatoms. The Morgan fingerprint density at radius 2 is 1.44 bits per heavy atom. The molecule has 0 fully saturated rings. The molecule has 82 valence electrons. The van der Waals surface area contributed by atoms with Crippen LogP contribution in [0.2, 0.25) is 0 Å². The fraction of sp³-hybridized carbons (Fsp3) is 0.250. The van der Waals surface area contributed by atoms with Crippen molar-refractivity contribution in [2.45, 2.75) is 26.7 Å². The molecule has 16 heavy (non-hydrogen) atoms. The van der Waals surface area contributed by atoms with Gasteiger partial charge in [-0.25, -0.2) is 0 Å². The molecule has 0 aliphatic rings. The molecule has 0 nitrogen and oxygen atoms in total. The van der Waals surface area contributed by atoms with Crippen LogP contribution >= 0.6 is 0 Å². The highest BCUT2D eigenvalue weighted by Crippen LogP contribution is 2.24. The van der Waals surface area contributed by atoms with Gasteiger partial charge in [-0.2, -0.15) is 0 Å². The number of benzene rings is 2. The number of hydrogen-bond acceptors (Lipinski definition) is 0. The minimum Gasteiger partial charge on any atom is -0.0617 e. The largest absolute Gasteiger partial charge is 0.0617 e. The predicted molar refractivity (Wildman–Crippen MR) is 69.9 cm³/mol. The quantitative estimate of drug-likeness (QED) is 0.686. The van der Waals surface area contributed by atoms with Gasteiger partial charge in [-0.3, -0.25) is 0 Å². The van der Waals surface area contributed by atoms with Crippen molar-refractivity contribution in [3.05, 3.63) is 70.8 Å². The van der Waals surface area contributed by atoms with Crippen molar-refractivity contribution in [2.24, 2.45) is 0 Å². The summed E-state index contributed by atoms with van der Waals surface area (Å²) < 4.78 is 0. The van der Waals surface area contributed by atoms with Crippen LogP contribution in [0.15, 0.2) is 48.5 Å². The Morgan fingerprint density at radius 3 is 2.06 bits per heavy atom. The van der Waals surface area contributed by atoms with Gasteiger partial charge >= 0.3 is 0 Å². The Morgan fingerprint density at radius 1 is 0.750 bits per heavy atom. The van der Waals surface area contributed by atoms with Gasteiger partial charge in [0.05, 0.1) is 0 Å². The van der Waals surface area contributed by atoms with Crippen molar-refractivity contribution < 1.29 is 0 Å². The average molecular weight is 210 g/mol. The molecule has 0 spiro atoms. The number of hydrogen-bond donors (Lipinski definition) is 0. The van der Waals surface area contributed by atoms with Crippen LogP contribution < -0.4 is 0 Å². The van der Waals surface area contributed by atoms with Crippen molar-refractivity contribution in [3.63, 3.8) is 0 Å². The summed E-state index contributed by atoms with van der Waals surface area (Å²) in [5.74, 6) is 0.473. The third-order valence-electron chi connectivity index (χ3n) is 3.12. The van der Waals surface area contributed by atoms with Gasteiger partial charge in [-0.1, -0.05) is 66.6 Å². The van der Waals surface area contributed by atoms with E-state index in [9.17, 15) is 0 Å². The molecule has 1 atom stereocenters. The lowest BCUT2D eigenvalue weighted by Gasteiger charge is -2.13. The van der Waals surface area contributed by atoms with Gasteiger partial charge in [0.2, 0.25) is 0 Å². The standard InChI is InChI=1S/C16H18/c1-12-7-9-15(10-8-12)14(3)16-6-4-5-13(2)11-16/h4-11,14H,1-3H3. The van der Waals surface area contributed by atoms with Gasteiger partial charge in [0, 0.05) is 5.92 Å². The smallest absolute Gasteiger partial charge is 0.00611 e. The van der Waals surface area contributed by atoms with E-state index < -0.39 is 0 Å². The summed E-state index contributed by atoms with van der Waals surface area (Å²) in [7, 11) is 0. The van der Waals surface area contributed by atoms with Crippen LogP contribution in [0.3, 0.4) is 0 Å². The van der Waals surface area contributed by atoms with Crippen LogP contribution in [-0.4, -0.2) is 0 Å². The zero-order valence-corrected chi connectivity index (χ0v) is 10.2. The topological polar surface area (TPSA) is 0 Å². The molecule has 0 amide bonds. The maximum absolute atomic E-state index is 2.27. The lowest BCUT2D eigenvalue weighted by atomic mass is 9.92. The van der Waals surface area contributed by atoms with E-state index in [1.54, 1.807) is 0 Å². The van der Waals surface area contributed by atoms with E-state index in [1.807, 2.05) is 0 Å². The molecule has 2 aromatic rings. The molecule has 1 unspecified atom stereocenters. The fourth-order valence-corrected chi connectivity index (χ4v) is 1.99. The van der Waals surface area contributed by atoms with Crippen LogP contribution in [0.4, 0.5) is 0 Å². The second-order valence-corrected chi connectivity index (χ2v) is 4.55. The first kappa shape index (κ1) is 10.9. The van der Waals surface area contributed by atoms with Crippen molar-refractivity contribution in [3.8, 4) is 0 Å². The van der Waals surface area contributed by atoms with Gasteiger partial charge in [-0.05, 0) is 25.0 Å². The third kappa shape index (κ3) is 2.33. The fourth-order valence-electron chi connectivity index (χ4n) is 1.99. The summed E-state index contributed by atoms with van der Waals surface area (Å²) in [6.07, 6.45) is 0. The molecule has 0 saturated carbocycles. The van der Waals surface area contributed by atoms with Crippen molar-refractivity contribution in [2.75, 3.05) is 0 Å². The van der Waals surface area contributed by atoms with Gasteiger partial charge in [-0.15, -0.1) is 0 Å². The van der Waals surface area contributed by atoms with Crippen LogP contribution in [-0.2, 0) is 0 Å². The number of aryl methyl sites for hydroxylation is 2. The monoisotopic (exact) mass is 210 g/mol. The van der Waals surface area contributed by atoms with E-state index in [4.69, 9.17) is 0 Å². The lowest BCUT2D eigenvalue weighted by Crippen LogP contribution is -1.96. The number of rotatable bonds is 2. The van der Waals surface area contributed by atoms with Gasteiger partial charge in [0.15, 0.2) is 0 Å². The van der Waals surface area contributed by atoms with Crippen molar-refractivity contribution in [1.82, 2.24) is 0 Å².